The number of piperidine rings is 1. The topological polar surface area (TPSA) is 129 Å². The number of aromatic nitrogens is 5. The fourth-order valence-electron chi connectivity index (χ4n) is 3.73. The molecule has 10 nitrogen and oxygen atoms in total. The summed E-state index contributed by atoms with van der Waals surface area (Å²) < 4.78 is 46.8. The Balaban J connectivity index is 1.42. The zero-order valence-electron chi connectivity index (χ0n) is 18.7. The molecule has 0 unspecified atom stereocenters. The molecular formula is C22H22F3N7O3. The van der Waals surface area contributed by atoms with Gasteiger partial charge >= 0.3 is 12.2 Å². The number of ether oxygens (including phenoxy) is 2. The first-order chi connectivity index (χ1) is 16.7. The number of nitrogens with two attached hydrogens (primary N) is 1. The fraction of sp³-hybridized carbons (Fsp3) is 0.364. The lowest BCUT2D eigenvalue weighted by atomic mass is 9.93. The van der Waals surface area contributed by atoms with Crippen LogP contribution in [0.1, 0.15) is 34.9 Å². The predicted molar refractivity (Wildman–Crippen MR) is 118 cm³/mol. The van der Waals surface area contributed by atoms with Crippen molar-refractivity contribution in [3.05, 3.63) is 48.2 Å². The molecule has 1 saturated heterocycles. The summed E-state index contributed by atoms with van der Waals surface area (Å²) in [5, 5.41) is 8.04. The van der Waals surface area contributed by atoms with Gasteiger partial charge in [-0.1, -0.05) is 0 Å². The normalized spacial score (nSPS) is 14.6. The molecule has 0 saturated carbocycles. The number of anilines is 1. The Morgan fingerprint density at radius 1 is 1.11 bits per heavy atom. The van der Waals surface area contributed by atoms with Crippen molar-refractivity contribution in [1.82, 2.24) is 30.0 Å². The van der Waals surface area contributed by atoms with E-state index in [2.05, 4.69) is 29.9 Å². The molecule has 0 aromatic carbocycles. The van der Waals surface area contributed by atoms with Gasteiger partial charge in [-0.2, -0.15) is 18.3 Å². The zero-order chi connectivity index (χ0) is 25.0. The van der Waals surface area contributed by atoms with Gasteiger partial charge in [0.15, 0.2) is 6.61 Å². The summed E-state index contributed by atoms with van der Waals surface area (Å²) in [5.41, 5.74) is 7.58. The number of carbonyl (C=O) groups is 1. The third-order valence-corrected chi connectivity index (χ3v) is 5.52. The first kappa shape index (κ1) is 24.1. The number of alkyl halides is 3. The van der Waals surface area contributed by atoms with E-state index in [1.165, 1.54) is 31.8 Å². The number of nitrogens with zero attached hydrogens (tertiary/aromatic N) is 6. The molecule has 0 atom stereocenters. The summed E-state index contributed by atoms with van der Waals surface area (Å²) in [7, 11) is 1.44. The highest BCUT2D eigenvalue weighted by molar-refractivity contribution is 5.93. The zero-order valence-corrected chi connectivity index (χ0v) is 18.7. The Kier molecular flexibility index (Phi) is 6.94. The van der Waals surface area contributed by atoms with Gasteiger partial charge in [0.25, 0.3) is 5.91 Å². The molecule has 3 aromatic rings. The van der Waals surface area contributed by atoms with Gasteiger partial charge in [-0.25, -0.2) is 9.97 Å². The Labute approximate surface area is 198 Å². The summed E-state index contributed by atoms with van der Waals surface area (Å²) in [5.74, 6) is 0.675. The molecule has 4 heterocycles. The van der Waals surface area contributed by atoms with E-state index in [0.717, 1.165) is 18.5 Å². The summed E-state index contributed by atoms with van der Waals surface area (Å²) in [6.07, 6.45) is 1.02. The van der Waals surface area contributed by atoms with E-state index in [-0.39, 0.29) is 17.5 Å². The highest BCUT2D eigenvalue weighted by Crippen LogP contribution is 2.31. The minimum absolute atomic E-state index is 0.195. The van der Waals surface area contributed by atoms with Crippen molar-refractivity contribution in [1.29, 1.82) is 0 Å². The third kappa shape index (κ3) is 5.91. The number of halogens is 3. The first-order valence-corrected chi connectivity index (χ1v) is 10.7. The van der Waals surface area contributed by atoms with Crippen molar-refractivity contribution in [2.24, 2.45) is 0 Å². The lowest BCUT2D eigenvalue weighted by Crippen LogP contribution is -2.38. The number of hydrogen-bond donors (Lipinski definition) is 1. The van der Waals surface area contributed by atoms with E-state index < -0.39 is 18.8 Å². The number of likely N-dealkylation sites (tertiary alicyclic amines) is 1. The van der Waals surface area contributed by atoms with Crippen LogP contribution >= 0.6 is 0 Å². The van der Waals surface area contributed by atoms with E-state index in [9.17, 15) is 18.0 Å². The quantitative estimate of drug-likeness (QED) is 0.556. The molecule has 1 aliphatic heterocycles. The second-order valence-electron chi connectivity index (χ2n) is 7.88. The maximum absolute atomic E-state index is 13.0. The van der Waals surface area contributed by atoms with Crippen molar-refractivity contribution in [2.75, 3.05) is 32.5 Å². The molecule has 2 N–H and O–H groups in total. The smallest absolute Gasteiger partial charge is 0.422 e. The number of hydrogen-bond acceptors (Lipinski definition) is 9. The average molecular weight is 489 g/mol. The summed E-state index contributed by atoms with van der Waals surface area (Å²) in [6, 6.07) is 4.68. The Morgan fingerprint density at radius 2 is 1.83 bits per heavy atom. The van der Waals surface area contributed by atoms with Gasteiger partial charge in [0.05, 0.1) is 12.8 Å². The molecular weight excluding hydrogens is 467 g/mol. The summed E-state index contributed by atoms with van der Waals surface area (Å²) >= 11 is 0. The second-order valence-corrected chi connectivity index (χ2v) is 7.88. The van der Waals surface area contributed by atoms with E-state index in [1.807, 2.05) is 6.07 Å². The molecule has 0 aliphatic carbocycles. The molecule has 1 amide bonds. The van der Waals surface area contributed by atoms with Gasteiger partial charge in [-0.05, 0) is 25.0 Å². The maximum atomic E-state index is 13.0. The summed E-state index contributed by atoms with van der Waals surface area (Å²) in [4.78, 5) is 26.6. The van der Waals surface area contributed by atoms with Crippen molar-refractivity contribution in [2.45, 2.75) is 24.9 Å². The van der Waals surface area contributed by atoms with E-state index >= 15 is 0 Å². The number of nitrogen functional groups attached to an aromatic ring is 1. The van der Waals surface area contributed by atoms with Crippen molar-refractivity contribution in [3.8, 4) is 22.9 Å². The average Bonchev–Trinajstić information content (AvgIpc) is 2.87. The number of pyridine rings is 1. The summed E-state index contributed by atoms with van der Waals surface area (Å²) in [6.45, 7) is -0.415. The van der Waals surface area contributed by atoms with Crippen LogP contribution in [0.4, 0.5) is 19.0 Å². The Morgan fingerprint density at radius 3 is 2.43 bits per heavy atom. The molecule has 0 radical (unpaired) electrons. The van der Waals surface area contributed by atoms with Crippen LogP contribution in [0.3, 0.4) is 0 Å². The Bertz CT molecular complexity index is 1170. The number of methoxy groups -OCH3 is 1. The highest BCUT2D eigenvalue weighted by atomic mass is 19.4. The van der Waals surface area contributed by atoms with Gasteiger partial charge < -0.3 is 20.1 Å². The minimum atomic E-state index is -4.49. The second kappa shape index (κ2) is 10.1. The molecule has 1 fully saturated rings. The fourth-order valence-corrected chi connectivity index (χ4v) is 3.73. The minimum Gasteiger partial charge on any atom is -0.496 e. The number of amides is 1. The van der Waals surface area contributed by atoms with Gasteiger partial charge in [0.2, 0.25) is 0 Å². The van der Waals surface area contributed by atoms with E-state index in [4.69, 9.17) is 10.5 Å². The molecule has 184 valence electrons. The van der Waals surface area contributed by atoms with Crippen LogP contribution in [0.2, 0.25) is 0 Å². The van der Waals surface area contributed by atoms with Crippen LogP contribution in [-0.4, -0.2) is 68.9 Å². The largest absolute Gasteiger partial charge is 0.496 e. The molecule has 35 heavy (non-hydrogen) atoms. The molecule has 3 aromatic heterocycles. The number of carbonyl (C=O) groups excluding carboxylic acids is 1. The molecule has 4 rings (SSSR count). The molecule has 1 aliphatic rings. The van der Waals surface area contributed by atoms with Crippen LogP contribution in [0.15, 0.2) is 36.8 Å². The van der Waals surface area contributed by atoms with Crippen LogP contribution in [0.25, 0.3) is 11.1 Å². The first-order valence-electron chi connectivity index (χ1n) is 10.7. The number of rotatable bonds is 6. The van der Waals surface area contributed by atoms with Crippen molar-refractivity contribution in [3.63, 3.8) is 0 Å². The van der Waals surface area contributed by atoms with E-state index in [1.54, 1.807) is 11.0 Å². The standard InChI is InChI=1S/C22H22F3N7O3/c1-34-18-8-17(20(33)32-6-4-13(5-7-32)16-2-3-19(26)31-30-16)27-11-15(18)14-9-28-21(29-10-14)35-12-22(23,24)25/h2-3,8-11,13H,4-7,12H2,1H3,(H2,26,31). The molecule has 0 spiro atoms. The van der Waals surface area contributed by atoms with Crippen LogP contribution in [0.5, 0.6) is 11.8 Å². The SMILES string of the molecule is COc1cc(C(=O)N2CCC(c3ccc(N)nn3)CC2)ncc1-c1cnc(OCC(F)(F)F)nc1. The third-order valence-electron chi connectivity index (χ3n) is 5.52. The van der Waals surface area contributed by atoms with Crippen molar-refractivity contribution < 1.29 is 27.4 Å². The van der Waals surface area contributed by atoms with Gasteiger partial charge in [-0.15, -0.1) is 5.10 Å². The lowest BCUT2D eigenvalue weighted by Gasteiger charge is -2.31. The van der Waals surface area contributed by atoms with Gasteiger partial charge in [0.1, 0.15) is 17.3 Å². The van der Waals surface area contributed by atoms with Gasteiger partial charge in [0, 0.05) is 54.8 Å². The van der Waals surface area contributed by atoms with Crippen LogP contribution in [-0.2, 0) is 0 Å². The highest BCUT2D eigenvalue weighted by Gasteiger charge is 2.29. The van der Waals surface area contributed by atoms with Crippen LogP contribution in [0, 0.1) is 0 Å². The monoisotopic (exact) mass is 489 g/mol. The van der Waals surface area contributed by atoms with Crippen LogP contribution < -0.4 is 15.2 Å². The van der Waals surface area contributed by atoms with E-state index in [0.29, 0.717) is 35.8 Å². The van der Waals surface area contributed by atoms with Crippen molar-refractivity contribution >= 4 is 11.7 Å². The Hall–Kier alpha value is -4.03. The molecule has 13 heteroatoms. The molecule has 0 bridgehead atoms. The maximum Gasteiger partial charge on any atom is 0.422 e. The predicted octanol–water partition coefficient (Wildman–Crippen LogP) is 2.88. The lowest BCUT2D eigenvalue weighted by molar-refractivity contribution is -0.154. The van der Waals surface area contributed by atoms with Gasteiger partial charge in [-0.3, -0.25) is 9.78 Å².